The van der Waals surface area contributed by atoms with E-state index in [1.165, 1.54) is 13.1 Å². The van der Waals surface area contributed by atoms with Crippen LogP contribution in [0.4, 0.5) is 10.1 Å². The molecule has 2 aromatic carbocycles. The van der Waals surface area contributed by atoms with Crippen molar-refractivity contribution >= 4 is 38.3 Å². The summed E-state index contributed by atoms with van der Waals surface area (Å²) < 4.78 is 27.5. The van der Waals surface area contributed by atoms with Crippen molar-refractivity contribution in [3.8, 4) is 0 Å². The van der Waals surface area contributed by atoms with E-state index in [9.17, 15) is 13.4 Å². The van der Waals surface area contributed by atoms with Crippen LogP contribution in [0, 0.1) is 5.82 Å². The second kappa shape index (κ2) is 8.39. The van der Waals surface area contributed by atoms with Gasteiger partial charge in [0.15, 0.2) is 0 Å². The number of anilines is 1. The maximum absolute atomic E-state index is 14.3. The Morgan fingerprint density at radius 3 is 2.67 bits per heavy atom. The summed E-state index contributed by atoms with van der Waals surface area (Å²) in [6, 6.07) is 11.6. The van der Waals surface area contributed by atoms with Crippen LogP contribution >= 0.6 is 15.9 Å². The Bertz CT molecular complexity index is 770. The molecular weight excluding hydrogens is 395 g/mol. The van der Waals surface area contributed by atoms with E-state index in [1.54, 1.807) is 36.4 Å². The zero-order chi connectivity index (χ0) is 17.7. The van der Waals surface area contributed by atoms with Crippen molar-refractivity contribution in [2.45, 2.75) is 5.92 Å². The lowest BCUT2D eigenvalue weighted by Crippen LogP contribution is -2.27. The number of rotatable bonds is 6. The Balaban J connectivity index is 2.42. The molecule has 0 fully saturated rings. The first-order valence-corrected chi connectivity index (χ1v) is 9.55. The number of amides is 1. The minimum atomic E-state index is -1.45. The first-order chi connectivity index (χ1) is 11.4. The van der Waals surface area contributed by atoms with Gasteiger partial charge in [-0.3, -0.25) is 9.00 Å². The largest absolute Gasteiger partial charge is 0.398 e. The zero-order valence-electron chi connectivity index (χ0n) is 13.1. The fraction of sp³-hybridized carbons (Fsp3) is 0.235. The van der Waals surface area contributed by atoms with Crippen molar-refractivity contribution in [2.75, 3.05) is 24.3 Å². The number of carbonyl (C=O) groups is 1. The molecule has 128 valence electrons. The first kappa shape index (κ1) is 18.6. The summed E-state index contributed by atoms with van der Waals surface area (Å²) in [5.74, 6) is -1.24. The lowest BCUT2D eigenvalue weighted by Gasteiger charge is -2.20. The van der Waals surface area contributed by atoms with E-state index >= 15 is 0 Å². The Labute approximate surface area is 151 Å². The molecule has 0 spiro atoms. The van der Waals surface area contributed by atoms with Crippen LogP contribution in [0.25, 0.3) is 0 Å². The molecule has 1 amide bonds. The lowest BCUT2D eigenvalue weighted by molar-refractivity contribution is -0.118. The van der Waals surface area contributed by atoms with Crippen molar-refractivity contribution in [1.82, 2.24) is 5.32 Å². The van der Waals surface area contributed by atoms with Gasteiger partial charge in [0.1, 0.15) is 11.6 Å². The fourth-order valence-corrected chi connectivity index (χ4v) is 4.08. The molecule has 0 aliphatic rings. The van der Waals surface area contributed by atoms with E-state index < -0.39 is 16.7 Å². The third kappa shape index (κ3) is 4.64. The highest BCUT2D eigenvalue weighted by molar-refractivity contribution is 9.10. The molecule has 0 saturated carbocycles. The smallest absolute Gasteiger partial charge is 0.232 e. The van der Waals surface area contributed by atoms with Crippen molar-refractivity contribution in [3.63, 3.8) is 0 Å². The second-order valence-electron chi connectivity index (χ2n) is 5.27. The minimum absolute atomic E-state index is 0.106. The van der Waals surface area contributed by atoms with Crippen molar-refractivity contribution in [1.29, 1.82) is 0 Å². The van der Waals surface area contributed by atoms with Crippen LogP contribution in [0.5, 0.6) is 0 Å². The maximum atomic E-state index is 14.3. The number of hydrogen-bond acceptors (Lipinski definition) is 3. The molecule has 0 bridgehead atoms. The molecule has 0 aliphatic carbocycles. The third-order valence-electron chi connectivity index (χ3n) is 3.63. The predicted octanol–water partition coefficient (Wildman–Crippen LogP) is 2.80. The van der Waals surface area contributed by atoms with Gasteiger partial charge in [-0.15, -0.1) is 0 Å². The highest BCUT2D eigenvalue weighted by atomic mass is 79.9. The lowest BCUT2D eigenvalue weighted by atomic mass is 9.91. The monoisotopic (exact) mass is 412 g/mol. The maximum Gasteiger partial charge on any atom is 0.232 e. The van der Waals surface area contributed by atoms with Crippen LogP contribution in [0.3, 0.4) is 0 Å². The number of carbonyl (C=O) groups excluding carboxylic acids is 1. The summed E-state index contributed by atoms with van der Waals surface area (Å²) in [5.41, 5.74) is 7.64. The average Bonchev–Trinajstić information content (AvgIpc) is 2.55. The normalized spacial score (nSPS) is 13.3. The summed E-state index contributed by atoms with van der Waals surface area (Å²) in [7, 11) is 0.0325. The van der Waals surface area contributed by atoms with Crippen LogP contribution in [-0.2, 0) is 15.6 Å². The van der Waals surface area contributed by atoms with E-state index in [4.69, 9.17) is 5.73 Å². The van der Waals surface area contributed by atoms with Gasteiger partial charge in [0.05, 0.1) is 0 Å². The number of nitrogen functional groups attached to an aromatic ring is 1. The molecule has 7 heteroatoms. The molecule has 3 N–H and O–H groups in total. The van der Waals surface area contributed by atoms with Gasteiger partial charge in [-0.05, 0) is 35.4 Å². The number of halogens is 2. The van der Waals surface area contributed by atoms with Gasteiger partial charge >= 0.3 is 0 Å². The molecule has 2 unspecified atom stereocenters. The Kier molecular flexibility index (Phi) is 6.51. The van der Waals surface area contributed by atoms with Crippen molar-refractivity contribution < 1.29 is 13.4 Å². The van der Waals surface area contributed by atoms with E-state index in [1.807, 2.05) is 0 Å². The molecular formula is C17H18BrFN2O2S. The fourth-order valence-electron chi connectivity index (χ4n) is 2.42. The number of nitrogens with one attached hydrogen (secondary N) is 1. The molecule has 0 aliphatic heterocycles. The quantitative estimate of drug-likeness (QED) is 0.716. The van der Waals surface area contributed by atoms with Gasteiger partial charge in [0.25, 0.3) is 0 Å². The first-order valence-electron chi connectivity index (χ1n) is 7.27. The van der Waals surface area contributed by atoms with Crippen LogP contribution in [0.1, 0.15) is 17.0 Å². The molecule has 0 aromatic heterocycles. The standard InChI is InChI=1S/C17H18BrFN2O2S/c1-21-17(22)10-24(23)9-14(12-4-2-3-5-15(12)19)13-8-11(18)6-7-16(13)20/h2-8,14H,9-10,20H2,1H3,(H,21,22). The van der Waals surface area contributed by atoms with Gasteiger partial charge in [0, 0.05) is 39.7 Å². The van der Waals surface area contributed by atoms with Crippen LogP contribution in [-0.4, -0.2) is 28.7 Å². The van der Waals surface area contributed by atoms with Crippen LogP contribution in [0.2, 0.25) is 0 Å². The highest BCUT2D eigenvalue weighted by Gasteiger charge is 2.23. The molecule has 24 heavy (non-hydrogen) atoms. The average molecular weight is 413 g/mol. The number of nitrogens with two attached hydrogens (primary N) is 1. The molecule has 2 rings (SSSR count). The Morgan fingerprint density at radius 1 is 1.29 bits per heavy atom. The summed E-state index contributed by atoms with van der Waals surface area (Å²) in [4.78, 5) is 11.5. The van der Waals surface area contributed by atoms with Gasteiger partial charge in [-0.25, -0.2) is 4.39 Å². The summed E-state index contributed by atoms with van der Waals surface area (Å²) in [6.45, 7) is 0. The summed E-state index contributed by atoms with van der Waals surface area (Å²) in [6.07, 6.45) is 0. The topological polar surface area (TPSA) is 72.2 Å². The van der Waals surface area contributed by atoms with E-state index in [0.717, 1.165) is 4.47 Å². The van der Waals surface area contributed by atoms with E-state index in [2.05, 4.69) is 21.2 Å². The number of hydrogen-bond donors (Lipinski definition) is 2. The van der Waals surface area contributed by atoms with Gasteiger partial charge in [-0.1, -0.05) is 34.1 Å². The molecule has 0 radical (unpaired) electrons. The summed E-state index contributed by atoms with van der Waals surface area (Å²) in [5, 5.41) is 2.44. The van der Waals surface area contributed by atoms with Gasteiger partial charge in [-0.2, -0.15) is 0 Å². The second-order valence-corrected chi connectivity index (χ2v) is 7.69. The van der Waals surface area contributed by atoms with Gasteiger partial charge in [0.2, 0.25) is 5.91 Å². The Morgan fingerprint density at radius 2 is 2.00 bits per heavy atom. The van der Waals surface area contributed by atoms with Crippen LogP contribution in [0.15, 0.2) is 46.9 Å². The molecule has 2 aromatic rings. The van der Waals surface area contributed by atoms with E-state index in [-0.39, 0.29) is 23.2 Å². The van der Waals surface area contributed by atoms with Crippen molar-refractivity contribution in [3.05, 3.63) is 63.9 Å². The molecule has 0 heterocycles. The van der Waals surface area contributed by atoms with Crippen LogP contribution < -0.4 is 11.1 Å². The minimum Gasteiger partial charge on any atom is -0.398 e. The number of benzene rings is 2. The zero-order valence-corrected chi connectivity index (χ0v) is 15.5. The molecule has 2 atom stereocenters. The summed E-state index contributed by atoms with van der Waals surface area (Å²) >= 11 is 3.38. The Hall–Kier alpha value is -1.73. The van der Waals surface area contributed by atoms with Crippen molar-refractivity contribution in [2.24, 2.45) is 0 Å². The highest BCUT2D eigenvalue weighted by Crippen LogP contribution is 2.33. The molecule has 0 saturated heterocycles. The van der Waals surface area contributed by atoms with E-state index in [0.29, 0.717) is 16.8 Å². The third-order valence-corrected chi connectivity index (χ3v) is 5.41. The molecule has 4 nitrogen and oxygen atoms in total. The SMILES string of the molecule is CNC(=O)CS(=O)CC(c1cc(Br)ccc1N)c1ccccc1F. The van der Waals surface area contributed by atoms with Gasteiger partial charge < -0.3 is 11.1 Å². The predicted molar refractivity (Wildman–Crippen MR) is 98.7 cm³/mol.